The second-order valence-electron chi connectivity index (χ2n) is 5.04. The van der Waals surface area contributed by atoms with Gasteiger partial charge < -0.3 is 10.1 Å². The molecule has 0 saturated carbocycles. The number of nitrogens with one attached hydrogen (secondary N) is 1. The molecule has 0 amide bonds. The molecule has 98 valence electrons. The van der Waals surface area contributed by atoms with Gasteiger partial charge in [-0.25, -0.2) is 0 Å². The van der Waals surface area contributed by atoms with Gasteiger partial charge in [0, 0.05) is 18.3 Å². The Labute approximate surface area is 114 Å². The van der Waals surface area contributed by atoms with Crippen LogP contribution in [0.25, 0.3) is 0 Å². The number of benzene rings is 2. The van der Waals surface area contributed by atoms with Gasteiger partial charge in [-0.05, 0) is 48.1 Å². The van der Waals surface area contributed by atoms with E-state index < -0.39 is 0 Å². The van der Waals surface area contributed by atoms with Crippen LogP contribution in [0.2, 0.25) is 0 Å². The van der Waals surface area contributed by atoms with Crippen molar-refractivity contribution >= 4 is 5.69 Å². The molecular weight excluding hydrogens is 234 g/mol. The van der Waals surface area contributed by atoms with Gasteiger partial charge in [-0.1, -0.05) is 24.3 Å². The van der Waals surface area contributed by atoms with Crippen molar-refractivity contribution in [2.75, 3.05) is 12.4 Å². The molecule has 0 fully saturated rings. The highest BCUT2D eigenvalue weighted by molar-refractivity contribution is 5.49. The number of methoxy groups -OCH3 is 1. The molecule has 0 aliphatic heterocycles. The van der Waals surface area contributed by atoms with Gasteiger partial charge in [-0.15, -0.1) is 0 Å². The summed E-state index contributed by atoms with van der Waals surface area (Å²) in [4.78, 5) is 0. The van der Waals surface area contributed by atoms with Gasteiger partial charge in [0.05, 0.1) is 7.11 Å². The fraction of sp³-hybridized carbons (Fsp3) is 0.294. The zero-order valence-corrected chi connectivity index (χ0v) is 11.3. The maximum Gasteiger partial charge on any atom is 0.120 e. The summed E-state index contributed by atoms with van der Waals surface area (Å²) in [6.07, 6.45) is 3.79. The van der Waals surface area contributed by atoms with Crippen molar-refractivity contribution in [2.45, 2.75) is 25.8 Å². The minimum absolute atomic E-state index is 0.862. The van der Waals surface area contributed by atoms with Crippen LogP contribution in [-0.2, 0) is 19.4 Å². The second-order valence-corrected chi connectivity index (χ2v) is 5.04. The van der Waals surface area contributed by atoms with Crippen molar-refractivity contribution < 1.29 is 4.74 Å². The van der Waals surface area contributed by atoms with E-state index in [9.17, 15) is 0 Å². The third kappa shape index (κ3) is 2.73. The highest BCUT2D eigenvalue weighted by Gasteiger charge is 2.10. The number of hydrogen-bond acceptors (Lipinski definition) is 2. The molecule has 0 saturated heterocycles. The monoisotopic (exact) mass is 253 g/mol. The Morgan fingerprint density at radius 2 is 1.95 bits per heavy atom. The van der Waals surface area contributed by atoms with Crippen molar-refractivity contribution in [3.05, 3.63) is 59.2 Å². The van der Waals surface area contributed by atoms with Crippen molar-refractivity contribution in [3.63, 3.8) is 0 Å². The maximum atomic E-state index is 5.23. The lowest BCUT2D eigenvalue weighted by molar-refractivity contribution is 0.415. The van der Waals surface area contributed by atoms with Crippen molar-refractivity contribution in [1.82, 2.24) is 0 Å². The van der Waals surface area contributed by atoms with Gasteiger partial charge in [-0.3, -0.25) is 0 Å². The third-order valence-corrected chi connectivity index (χ3v) is 3.73. The third-order valence-electron chi connectivity index (χ3n) is 3.73. The zero-order chi connectivity index (χ0) is 13.1. The number of anilines is 1. The fourth-order valence-electron chi connectivity index (χ4n) is 2.67. The summed E-state index contributed by atoms with van der Waals surface area (Å²) < 4.78 is 5.23. The Morgan fingerprint density at radius 1 is 1.05 bits per heavy atom. The van der Waals surface area contributed by atoms with E-state index >= 15 is 0 Å². The van der Waals surface area contributed by atoms with E-state index in [0.717, 1.165) is 18.0 Å². The van der Waals surface area contributed by atoms with Crippen LogP contribution in [0.1, 0.15) is 23.1 Å². The lowest BCUT2D eigenvalue weighted by Crippen LogP contribution is -2.00. The van der Waals surface area contributed by atoms with Crippen LogP contribution in [-0.4, -0.2) is 7.11 Å². The molecule has 0 unspecified atom stereocenters. The minimum atomic E-state index is 0.862. The highest BCUT2D eigenvalue weighted by atomic mass is 16.5. The Kier molecular flexibility index (Phi) is 3.41. The number of ether oxygens (including phenoxy) is 1. The topological polar surface area (TPSA) is 21.3 Å². The predicted molar refractivity (Wildman–Crippen MR) is 78.8 cm³/mol. The molecule has 3 rings (SSSR count). The molecule has 0 bridgehead atoms. The van der Waals surface area contributed by atoms with Crippen LogP contribution in [0.15, 0.2) is 42.5 Å². The molecule has 1 aliphatic carbocycles. The first-order chi connectivity index (χ1) is 9.35. The van der Waals surface area contributed by atoms with Crippen LogP contribution in [0.5, 0.6) is 5.75 Å². The molecule has 1 N–H and O–H groups in total. The number of aryl methyl sites for hydroxylation is 2. The van der Waals surface area contributed by atoms with E-state index in [4.69, 9.17) is 4.74 Å². The number of hydrogen-bond donors (Lipinski definition) is 1. The first-order valence-electron chi connectivity index (χ1n) is 6.84. The van der Waals surface area contributed by atoms with Gasteiger partial charge >= 0.3 is 0 Å². The summed E-state index contributed by atoms with van der Waals surface area (Å²) in [7, 11) is 1.69. The molecule has 1 aliphatic rings. The van der Waals surface area contributed by atoms with Gasteiger partial charge in [-0.2, -0.15) is 0 Å². The van der Waals surface area contributed by atoms with Gasteiger partial charge in [0.2, 0.25) is 0 Å². The predicted octanol–water partition coefficient (Wildman–Crippen LogP) is 3.80. The first kappa shape index (κ1) is 12.1. The van der Waals surface area contributed by atoms with Crippen LogP contribution >= 0.6 is 0 Å². The minimum Gasteiger partial charge on any atom is -0.497 e. The summed E-state index contributed by atoms with van der Waals surface area (Å²) in [5.74, 6) is 0.888. The Morgan fingerprint density at radius 3 is 2.84 bits per heavy atom. The van der Waals surface area contributed by atoms with Crippen LogP contribution in [0, 0.1) is 0 Å². The molecule has 2 aromatic rings. The van der Waals surface area contributed by atoms with E-state index in [0.29, 0.717) is 0 Å². The summed E-state index contributed by atoms with van der Waals surface area (Å²) in [6, 6.07) is 14.9. The summed E-state index contributed by atoms with van der Waals surface area (Å²) in [5.41, 5.74) is 5.51. The normalized spacial score (nSPS) is 13.1. The summed E-state index contributed by atoms with van der Waals surface area (Å²) in [6.45, 7) is 0.862. The highest BCUT2D eigenvalue weighted by Crippen LogP contribution is 2.23. The summed E-state index contributed by atoms with van der Waals surface area (Å²) in [5, 5.41) is 3.45. The maximum absolute atomic E-state index is 5.23. The van der Waals surface area contributed by atoms with Gasteiger partial charge in [0.15, 0.2) is 0 Å². The molecule has 2 aromatic carbocycles. The quantitative estimate of drug-likeness (QED) is 0.895. The smallest absolute Gasteiger partial charge is 0.120 e. The van der Waals surface area contributed by atoms with E-state index in [1.54, 1.807) is 7.11 Å². The van der Waals surface area contributed by atoms with Crippen molar-refractivity contribution in [3.8, 4) is 5.75 Å². The molecule has 19 heavy (non-hydrogen) atoms. The van der Waals surface area contributed by atoms with E-state index in [1.807, 2.05) is 18.2 Å². The molecule has 2 heteroatoms. The fourth-order valence-corrected chi connectivity index (χ4v) is 2.67. The van der Waals surface area contributed by atoms with Crippen LogP contribution < -0.4 is 10.1 Å². The zero-order valence-electron chi connectivity index (χ0n) is 11.3. The average molecular weight is 253 g/mol. The molecule has 2 nitrogen and oxygen atoms in total. The number of fused-ring (bicyclic) bond motifs is 1. The first-order valence-corrected chi connectivity index (χ1v) is 6.84. The Hall–Kier alpha value is -1.96. The second kappa shape index (κ2) is 5.35. The van der Waals surface area contributed by atoms with Gasteiger partial charge in [0.25, 0.3) is 0 Å². The van der Waals surface area contributed by atoms with Crippen molar-refractivity contribution in [2.24, 2.45) is 0 Å². The Balaban J connectivity index is 1.68. The van der Waals surface area contributed by atoms with E-state index in [2.05, 4.69) is 29.6 Å². The SMILES string of the molecule is COc1cccc(NCc2ccc3c(c2)CCC3)c1. The molecule has 0 spiro atoms. The Bertz CT molecular complexity index is 577. The van der Waals surface area contributed by atoms with Crippen LogP contribution in [0.3, 0.4) is 0 Å². The van der Waals surface area contributed by atoms with Crippen LogP contribution in [0.4, 0.5) is 5.69 Å². The van der Waals surface area contributed by atoms with Crippen molar-refractivity contribution in [1.29, 1.82) is 0 Å². The molecule has 0 heterocycles. The molecule has 0 atom stereocenters. The standard InChI is InChI=1S/C17H19NO/c1-19-17-7-3-6-16(11-17)18-12-13-8-9-14-4-2-5-15(14)10-13/h3,6-11,18H,2,4-5,12H2,1H3. The van der Waals surface area contributed by atoms with E-state index in [-0.39, 0.29) is 0 Å². The average Bonchev–Trinajstić information content (AvgIpc) is 2.93. The van der Waals surface area contributed by atoms with Gasteiger partial charge in [0.1, 0.15) is 5.75 Å². The molecule has 0 aromatic heterocycles. The largest absolute Gasteiger partial charge is 0.497 e. The number of rotatable bonds is 4. The molecule has 0 radical (unpaired) electrons. The van der Waals surface area contributed by atoms with E-state index in [1.165, 1.54) is 36.0 Å². The lowest BCUT2D eigenvalue weighted by Gasteiger charge is -2.09. The lowest BCUT2D eigenvalue weighted by atomic mass is 10.1. The molecular formula is C17H19NO. The summed E-state index contributed by atoms with van der Waals surface area (Å²) >= 11 is 0.